The van der Waals surface area contributed by atoms with Crippen LogP contribution in [0.1, 0.15) is 18.4 Å². The number of hydrogen-bond acceptors (Lipinski definition) is 5. The zero-order valence-electron chi connectivity index (χ0n) is 17.5. The Bertz CT molecular complexity index is 1030. The molecule has 0 aliphatic rings. The number of para-hydroxylation sites is 1. The van der Waals surface area contributed by atoms with Crippen LogP contribution >= 0.6 is 12.2 Å². The minimum Gasteiger partial charge on any atom is -0.465 e. The number of amides is 1. The molecule has 1 amide bonds. The maximum absolute atomic E-state index is 12.0. The van der Waals surface area contributed by atoms with E-state index in [-0.39, 0.29) is 23.9 Å². The van der Waals surface area contributed by atoms with Gasteiger partial charge in [-0.2, -0.15) is 0 Å². The highest BCUT2D eigenvalue weighted by Crippen LogP contribution is 2.18. The highest BCUT2D eigenvalue weighted by atomic mass is 32.1. The Kier molecular flexibility index (Phi) is 8.77. The molecule has 0 radical (unpaired) electrons. The molecule has 0 aromatic heterocycles. The summed E-state index contributed by atoms with van der Waals surface area (Å²) >= 11 is 5.18. The van der Waals surface area contributed by atoms with Crippen molar-refractivity contribution < 1.29 is 14.3 Å². The number of ether oxygens (including phenoxy) is 1. The van der Waals surface area contributed by atoms with Crippen molar-refractivity contribution in [2.75, 3.05) is 17.2 Å². The number of thiocarbonyl (C=S) groups is 1. The number of esters is 1. The Morgan fingerprint density at radius 3 is 2.03 bits per heavy atom. The Morgan fingerprint density at radius 1 is 0.750 bits per heavy atom. The molecule has 0 unspecified atom stereocenters. The Hall–Kier alpha value is -3.71. The minimum atomic E-state index is -0.406. The van der Waals surface area contributed by atoms with Crippen molar-refractivity contribution in [1.29, 1.82) is 0 Å². The summed E-state index contributed by atoms with van der Waals surface area (Å²) in [6, 6.07) is 27.1. The van der Waals surface area contributed by atoms with E-state index in [9.17, 15) is 9.59 Å². The Morgan fingerprint density at radius 2 is 1.34 bits per heavy atom. The minimum absolute atomic E-state index is 0.00306. The molecule has 3 aromatic rings. The fourth-order valence-corrected chi connectivity index (χ4v) is 3.12. The van der Waals surface area contributed by atoms with Crippen molar-refractivity contribution in [3.05, 3.63) is 90.5 Å². The van der Waals surface area contributed by atoms with Gasteiger partial charge in [0.1, 0.15) is 0 Å². The van der Waals surface area contributed by atoms with Crippen LogP contribution in [0, 0.1) is 0 Å². The van der Waals surface area contributed by atoms with Crippen molar-refractivity contribution in [2.24, 2.45) is 0 Å². The Balaban J connectivity index is 1.33. The van der Waals surface area contributed by atoms with Crippen molar-refractivity contribution >= 4 is 46.3 Å². The quantitative estimate of drug-likeness (QED) is 0.323. The monoisotopic (exact) mass is 447 g/mol. The summed E-state index contributed by atoms with van der Waals surface area (Å²) in [7, 11) is 0. The molecule has 3 rings (SSSR count). The zero-order chi connectivity index (χ0) is 22.6. The summed E-state index contributed by atoms with van der Waals surface area (Å²) < 4.78 is 5.18. The Labute approximate surface area is 193 Å². The molecule has 3 N–H and O–H groups in total. The molecule has 6 nitrogen and oxygen atoms in total. The van der Waals surface area contributed by atoms with E-state index < -0.39 is 5.97 Å². The number of hydrogen-bond donors (Lipinski definition) is 3. The van der Waals surface area contributed by atoms with Crippen LogP contribution in [0.15, 0.2) is 84.9 Å². The molecule has 0 aliphatic heterocycles. The SMILES string of the molecule is O=C(CCC(=O)OCCc1ccccc1)NC(=S)Nc1ccc(Nc2ccccc2)cc1. The highest BCUT2D eigenvalue weighted by molar-refractivity contribution is 7.80. The molecular formula is C25H25N3O3S. The average Bonchev–Trinajstić information content (AvgIpc) is 2.80. The van der Waals surface area contributed by atoms with Crippen LogP contribution in [0.2, 0.25) is 0 Å². The summed E-state index contributed by atoms with van der Waals surface area (Å²) in [6.07, 6.45) is 0.654. The largest absolute Gasteiger partial charge is 0.465 e. The van der Waals surface area contributed by atoms with E-state index in [1.165, 1.54) is 0 Å². The molecule has 0 aliphatic carbocycles. The van der Waals surface area contributed by atoms with E-state index in [2.05, 4.69) is 16.0 Å². The van der Waals surface area contributed by atoms with Gasteiger partial charge >= 0.3 is 5.97 Å². The van der Waals surface area contributed by atoms with Crippen LogP contribution in [-0.4, -0.2) is 23.6 Å². The lowest BCUT2D eigenvalue weighted by Crippen LogP contribution is -2.34. The molecule has 0 saturated heterocycles. The molecule has 0 saturated carbocycles. The first-order valence-corrected chi connectivity index (χ1v) is 10.7. The fraction of sp³-hybridized carbons (Fsp3) is 0.160. The second kappa shape index (κ2) is 12.2. The van der Waals surface area contributed by atoms with Crippen molar-refractivity contribution in [1.82, 2.24) is 5.32 Å². The highest BCUT2D eigenvalue weighted by Gasteiger charge is 2.10. The lowest BCUT2D eigenvalue weighted by atomic mass is 10.2. The van der Waals surface area contributed by atoms with Gasteiger partial charge in [0, 0.05) is 29.9 Å². The molecule has 0 bridgehead atoms. The topological polar surface area (TPSA) is 79.5 Å². The average molecular weight is 448 g/mol. The van der Waals surface area contributed by atoms with Crippen LogP contribution in [0.25, 0.3) is 0 Å². The fourth-order valence-electron chi connectivity index (χ4n) is 2.89. The van der Waals surface area contributed by atoms with Gasteiger partial charge in [0.2, 0.25) is 5.91 Å². The molecule has 164 valence electrons. The van der Waals surface area contributed by atoms with Crippen molar-refractivity contribution in [3.8, 4) is 0 Å². The van der Waals surface area contributed by atoms with Gasteiger partial charge in [-0.25, -0.2) is 0 Å². The summed E-state index contributed by atoms with van der Waals surface area (Å²) in [5, 5.41) is 9.01. The number of carbonyl (C=O) groups is 2. The molecule has 7 heteroatoms. The number of rotatable bonds is 9. The first-order valence-electron chi connectivity index (χ1n) is 10.3. The van der Waals surface area contributed by atoms with Crippen LogP contribution in [0.5, 0.6) is 0 Å². The first-order chi connectivity index (χ1) is 15.6. The van der Waals surface area contributed by atoms with Gasteiger partial charge < -0.3 is 20.7 Å². The van der Waals surface area contributed by atoms with Crippen LogP contribution in [0.3, 0.4) is 0 Å². The summed E-state index contributed by atoms with van der Waals surface area (Å²) in [4.78, 5) is 23.9. The number of anilines is 3. The normalized spacial score (nSPS) is 10.1. The molecule has 0 fully saturated rings. The van der Waals surface area contributed by atoms with Gasteiger partial charge in [-0.1, -0.05) is 48.5 Å². The second-order valence-electron chi connectivity index (χ2n) is 7.03. The second-order valence-corrected chi connectivity index (χ2v) is 7.43. The third kappa shape index (κ3) is 8.20. The molecule has 32 heavy (non-hydrogen) atoms. The van der Waals surface area contributed by atoms with E-state index in [1.807, 2.05) is 84.9 Å². The molecule has 0 atom stereocenters. The number of nitrogens with one attached hydrogen (secondary N) is 3. The van der Waals surface area contributed by atoms with Gasteiger partial charge in [-0.3, -0.25) is 9.59 Å². The summed E-state index contributed by atoms with van der Waals surface area (Å²) in [5.74, 6) is -0.749. The van der Waals surface area contributed by atoms with E-state index in [0.29, 0.717) is 13.0 Å². The van der Waals surface area contributed by atoms with E-state index in [0.717, 1.165) is 22.6 Å². The van der Waals surface area contributed by atoms with Gasteiger partial charge in [0.25, 0.3) is 0 Å². The predicted molar refractivity (Wildman–Crippen MR) is 131 cm³/mol. The van der Waals surface area contributed by atoms with Crippen molar-refractivity contribution in [2.45, 2.75) is 19.3 Å². The standard InChI is InChI=1S/C25H25N3O3S/c29-23(15-16-24(30)31-18-17-19-7-3-1-4-8-19)28-25(32)27-22-13-11-21(12-14-22)26-20-9-5-2-6-10-20/h1-14,26H,15-18H2,(H2,27,28,29,32). The maximum atomic E-state index is 12.0. The van der Waals surface area contributed by atoms with Gasteiger partial charge in [0.15, 0.2) is 5.11 Å². The van der Waals surface area contributed by atoms with Crippen LogP contribution < -0.4 is 16.0 Å². The lowest BCUT2D eigenvalue weighted by Gasteiger charge is -2.11. The third-order valence-corrected chi connectivity index (χ3v) is 4.72. The number of carbonyl (C=O) groups excluding carboxylic acids is 2. The van der Waals surface area contributed by atoms with Crippen LogP contribution in [0.4, 0.5) is 17.1 Å². The summed E-state index contributed by atoms with van der Waals surface area (Å²) in [5.41, 5.74) is 3.77. The molecule has 0 spiro atoms. The lowest BCUT2D eigenvalue weighted by molar-refractivity contribution is -0.144. The van der Waals surface area contributed by atoms with Gasteiger partial charge in [-0.15, -0.1) is 0 Å². The first kappa shape index (κ1) is 23.0. The summed E-state index contributed by atoms with van der Waals surface area (Å²) in [6.45, 7) is 0.291. The molecular weight excluding hydrogens is 422 g/mol. The van der Waals surface area contributed by atoms with Crippen LogP contribution in [-0.2, 0) is 20.7 Å². The van der Waals surface area contributed by atoms with Gasteiger partial charge in [-0.05, 0) is 54.2 Å². The van der Waals surface area contributed by atoms with E-state index in [4.69, 9.17) is 17.0 Å². The van der Waals surface area contributed by atoms with E-state index in [1.54, 1.807) is 0 Å². The maximum Gasteiger partial charge on any atom is 0.306 e. The van der Waals surface area contributed by atoms with Crippen molar-refractivity contribution in [3.63, 3.8) is 0 Å². The third-order valence-electron chi connectivity index (χ3n) is 4.51. The zero-order valence-corrected chi connectivity index (χ0v) is 18.4. The molecule has 0 heterocycles. The van der Waals surface area contributed by atoms with Gasteiger partial charge in [0.05, 0.1) is 13.0 Å². The smallest absolute Gasteiger partial charge is 0.306 e. The number of benzene rings is 3. The predicted octanol–water partition coefficient (Wildman–Crippen LogP) is 4.81. The van der Waals surface area contributed by atoms with E-state index >= 15 is 0 Å². The molecule has 3 aromatic carbocycles.